The van der Waals surface area contributed by atoms with Gasteiger partial charge in [-0.05, 0) is 32.6 Å². The van der Waals surface area contributed by atoms with Crippen molar-refractivity contribution in [3.05, 3.63) is 12.0 Å². The smallest absolute Gasteiger partial charge is 0.163 e. The summed E-state index contributed by atoms with van der Waals surface area (Å²) in [5.41, 5.74) is 0.908. The quantitative estimate of drug-likeness (QED) is 0.868. The molecule has 2 aromatic heterocycles. The Morgan fingerprint density at radius 2 is 2.14 bits per heavy atom. The van der Waals surface area contributed by atoms with Gasteiger partial charge in [-0.25, -0.2) is 9.97 Å². The Morgan fingerprint density at radius 1 is 1.27 bits per heavy atom. The van der Waals surface area contributed by atoms with Gasteiger partial charge in [0.05, 0.1) is 17.7 Å². The molecule has 1 atom stereocenters. The van der Waals surface area contributed by atoms with Crippen LogP contribution < -0.4 is 4.90 Å². The maximum atomic E-state index is 5.94. The largest absolute Gasteiger partial charge is 0.378 e. The lowest BCUT2D eigenvalue weighted by atomic mass is 10.2. The van der Waals surface area contributed by atoms with E-state index in [0.717, 1.165) is 68.1 Å². The van der Waals surface area contributed by atoms with Crippen molar-refractivity contribution in [1.29, 1.82) is 0 Å². The van der Waals surface area contributed by atoms with Crippen molar-refractivity contribution in [3.63, 3.8) is 0 Å². The number of fused-ring (bicyclic) bond motifs is 1. The molecule has 3 rings (SSSR count). The topological polar surface area (TPSA) is 56.1 Å². The molecule has 0 aliphatic carbocycles. The third-order valence-electron chi connectivity index (χ3n) is 4.22. The van der Waals surface area contributed by atoms with Gasteiger partial charge in [-0.2, -0.15) is 5.10 Å². The maximum absolute atomic E-state index is 5.94. The first-order valence-corrected chi connectivity index (χ1v) is 8.22. The standard InChI is InChI=1S/C16H25N5O/c1-4-10-22-13-6-5-8-21(9-7-13)16-14-11-17-20(3)15(14)18-12(2)19-16/h11,13H,4-10H2,1-3H3. The highest BCUT2D eigenvalue weighted by Gasteiger charge is 2.21. The summed E-state index contributed by atoms with van der Waals surface area (Å²) in [6.45, 7) is 6.97. The molecular formula is C16H25N5O. The number of hydrogen-bond donors (Lipinski definition) is 0. The fourth-order valence-electron chi connectivity index (χ4n) is 3.08. The molecule has 1 aliphatic heterocycles. The van der Waals surface area contributed by atoms with Crippen molar-refractivity contribution in [2.45, 2.75) is 45.6 Å². The van der Waals surface area contributed by atoms with Crippen LogP contribution in [0.15, 0.2) is 6.20 Å². The minimum Gasteiger partial charge on any atom is -0.378 e. The molecule has 6 heteroatoms. The van der Waals surface area contributed by atoms with Gasteiger partial charge in [-0.1, -0.05) is 6.92 Å². The molecule has 0 saturated carbocycles. The van der Waals surface area contributed by atoms with Crippen molar-refractivity contribution >= 4 is 16.9 Å². The SMILES string of the molecule is CCCOC1CCCN(c2nc(C)nc3c2cnn3C)CC1. The summed E-state index contributed by atoms with van der Waals surface area (Å²) < 4.78 is 7.75. The average molecular weight is 303 g/mol. The Morgan fingerprint density at radius 3 is 2.95 bits per heavy atom. The van der Waals surface area contributed by atoms with E-state index >= 15 is 0 Å². The Labute approximate surface area is 131 Å². The lowest BCUT2D eigenvalue weighted by Crippen LogP contribution is -2.26. The van der Waals surface area contributed by atoms with Crippen molar-refractivity contribution in [3.8, 4) is 0 Å². The number of rotatable bonds is 4. The molecule has 0 aromatic carbocycles. The van der Waals surface area contributed by atoms with E-state index in [1.165, 1.54) is 0 Å². The molecule has 2 aromatic rings. The molecule has 0 radical (unpaired) electrons. The lowest BCUT2D eigenvalue weighted by Gasteiger charge is -2.22. The Balaban J connectivity index is 1.82. The van der Waals surface area contributed by atoms with Crippen LogP contribution in [0.25, 0.3) is 11.0 Å². The fourth-order valence-corrected chi connectivity index (χ4v) is 3.08. The average Bonchev–Trinajstić information content (AvgIpc) is 2.74. The third kappa shape index (κ3) is 3.06. The molecule has 22 heavy (non-hydrogen) atoms. The molecule has 0 amide bonds. The van der Waals surface area contributed by atoms with Gasteiger partial charge in [-0.3, -0.25) is 4.68 Å². The van der Waals surface area contributed by atoms with E-state index in [0.29, 0.717) is 6.10 Å². The van der Waals surface area contributed by atoms with Gasteiger partial charge < -0.3 is 9.64 Å². The Bertz CT molecular complexity index is 639. The minimum absolute atomic E-state index is 0.386. The number of anilines is 1. The first-order chi connectivity index (χ1) is 10.7. The van der Waals surface area contributed by atoms with Crippen LogP contribution in [0, 0.1) is 6.92 Å². The van der Waals surface area contributed by atoms with Crippen molar-refractivity contribution in [2.24, 2.45) is 7.05 Å². The molecule has 120 valence electrons. The molecule has 1 fully saturated rings. The van der Waals surface area contributed by atoms with E-state index in [-0.39, 0.29) is 0 Å². The zero-order valence-corrected chi connectivity index (χ0v) is 13.7. The van der Waals surface area contributed by atoms with Crippen LogP contribution >= 0.6 is 0 Å². The van der Waals surface area contributed by atoms with Crippen LogP contribution in [0.1, 0.15) is 38.4 Å². The fraction of sp³-hybridized carbons (Fsp3) is 0.688. The summed E-state index contributed by atoms with van der Waals surface area (Å²) in [4.78, 5) is 11.6. The van der Waals surface area contributed by atoms with Gasteiger partial charge in [0.15, 0.2) is 5.65 Å². The van der Waals surface area contributed by atoms with Gasteiger partial charge in [-0.15, -0.1) is 0 Å². The summed E-state index contributed by atoms with van der Waals surface area (Å²) in [6, 6.07) is 0. The number of aryl methyl sites for hydroxylation is 2. The number of aromatic nitrogens is 4. The molecule has 1 saturated heterocycles. The molecule has 6 nitrogen and oxygen atoms in total. The Hall–Kier alpha value is -1.69. The zero-order chi connectivity index (χ0) is 15.5. The molecule has 3 heterocycles. The highest BCUT2D eigenvalue weighted by molar-refractivity contribution is 5.86. The van der Waals surface area contributed by atoms with Crippen LogP contribution in [-0.4, -0.2) is 45.5 Å². The predicted molar refractivity (Wildman–Crippen MR) is 87.1 cm³/mol. The van der Waals surface area contributed by atoms with E-state index < -0.39 is 0 Å². The van der Waals surface area contributed by atoms with Crippen molar-refractivity contribution in [2.75, 3.05) is 24.6 Å². The second-order valence-corrected chi connectivity index (χ2v) is 6.01. The van der Waals surface area contributed by atoms with Gasteiger partial charge in [0.25, 0.3) is 0 Å². The molecule has 0 bridgehead atoms. The van der Waals surface area contributed by atoms with E-state index in [1.54, 1.807) is 0 Å². The van der Waals surface area contributed by atoms with Crippen LogP contribution in [-0.2, 0) is 11.8 Å². The van der Waals surface area contributed by atoms with Crippen LogP contribution in [0.3, 0.4) is 0 Å². The third-order valence-corrected chi connectivity index (χ3v) is 4.22. The second kappa shape index (κ2) is 6.60. The van der Waals surface area contributed by atoms with Crippen LogP contribution in [0.2, 0.25) is 0 Å². The summed E-state index contributed by atoms with van der Waals surface area (Å²) in [7, 11) is 1.93. The van der Waals surface area contributed by atoms with E-state index in [1.807, 2.05) is 24.9 Å². The van der Waals surface area contributed by atoms with Crippen molar-refractivity contribution < 1.29 is 4.74 Å². The summed E-state index contributed by atoms with van der Waals surface area (Å²) in [6.07, 6.45) is 6.68. The first-order valence-electron chi connectivity index (χ1n) is 8.22. The molecule has 1 aliphatic rings. The minimum atomic E-state index is 0.386. The van der Waals surface area contributed by atoms with Crippen LogP contribution in [0.4, 0.5) is 5.82 Å². The summed E-state index contributed by atoms with van der Waals surface area (Å²) in [5.74, 6) is 1.82. The lowest BCUT2D eigenvalue weighted by molar-refractivity contribution is 0.0461. The maximum Gasteiger partial charge on any atom is 0.163 e. The molecular weight excluding hydrogens is 278 g/mol. The molecule has 0 spiro atoms. The summed E-state index contributed by atoms with van der Waals surface area (Å²) >= 11 is 0. The Kier molecular flexibility index (Phi) is 4.57. The van der Waals surface area contributed by atoms with Gasteiger partial charge in [0.1, 0.15) is 11.6 Å². The number of nitrogens with zero attached hydrogens (tertiary/aromatic N) is 5. The highest BCUT2D eigenvalue weighted by Crippen LogP contribution is 2.26. The van der Waals surface area contributed by atoms with E-state index in [2.05, 4.69) is 26.9 Å². The van der Waals surface area contributed by atoms with Crippen LogP contribution in [0.5, 0.6) is 0 Å². The number of hydrogen-bond acceptors (Lipinski definition) is 5. The predicted octanol–water partition coefficient (Wildman–Crippen LogP) is 2.46. The van der Waals surface area contributed by atoms with Gasteiger partial charge in [0.2, 0.25) is 0 Å². The van der Waals surface area contributed by atoms with Gasteiger partial charge >= 0.3 is 0 Å². The second-order valence-electron chi connectivity index (χ2n) is 6.01. The van der Waals surface area contributed by atoms with Crippen molar-refractivity contribution in [1.82, 2.24) is 19.7 Å². The number of ether oxygens (including phenoxy) is 1. The summed E-state index contributed by atoms with van der Waals surface area (Å²) in [5, 5.41) is 5.38. The highest BCUT2D eigenvalue weighted by atomic mass is 16.5. The monoisotopic (exact) mass is 303 g/mol. The zero-order valence-electron chi connectivity index (χ0n) is 13.7. The van der Waals surface area contributed by atoms with Gasteiger partial charge in [0, 0.05) is 26.7 Å². The van der Waals surface area contributed by atoms with E-state index in [4.69, 9.17) is 4.74 Å². The normalized spacial score (nSPS) is 19.6. The van der Waals surface area contributed by atoms with E-state index in [9.17, 15) is 0 Å². The molecule has 1 unspecified atom stereocenters. The molecule has 0 N–H and O–H groups in total. The first kappa shape index (κ1) is 15.2.